The van der Waals surface area contributed by atoms with Gasteiger partial charge in [-0.15, -0.1) is 0 Å². The smallest absolute Gasteiger partial charge is 0.310 e. The van der Waals surface area contributed by atoms with Crippen molar-refractivity contribution in [3.8, 4) is 0 Å². The van der Waals surface area contributed by atoms with E-state index in [1.807, 2.05) is 20.8 Å². The van der Waals surface area contributed by atoms with E-state index in [4.69, 9.17) is 4.74 Å². The Bertz CT molecular complexity index is 343. The predicted octanol–water partition coefficient (Wildman–Crippen LogP) is 3.01. The molecule has 17 heavy (non-hydrogen) atoms. The summed E-state index contributed by atoms with van der Waals surface area (Å²) in [6.45, 7) is 9.45. The third kappa shape index (κ3) is 7.71. The van der Waals surface area contributed by atoms with E-state index < -0.39 is 5.66 Å². The van der Waals surface area contributed by atoms with Gasteiger partial charge in [0.05, 0.1) is 23.7 Å². The van der Waals surface area contributed by atoms with Gasteiger partial charge in [-0.25, -0.2) is 0 Å². The molecule has 0 bridgehead atoms. The molecule has 5 nitrogen and oxygen atoms in total. The Labute approximate surface area is 107 Å². The average molecular weight is 257 g/mol. The Morgan fingerprint density at radius 2 is 1.88 bits per heavy atom. The number of hydrogen-bond acceptors (Lipinski definition) is 6. The number of rotatable bonds is 5. The quantitative estimate of drug-likeness (QED) is 0.329. The first-order valence-electron chi connectivity index (χ1n) is 5.41. The van der Waals surface area contributed by atoms with E-state index in [-0.39, 0.29) is 17.9 Å². The van der Waals surface area contributed by atoms with Crippen LogP contribution in [-0.4, -0.2) is 28.9 Å². The van der Waals surface area contributed by atoms with Gasteiger partial charge in [-0.1, -0.05) is 0 Å². The van der Waals surface area contributed by atoms with Crippen LogP contribution in [0.15, 0.2) is 15.2 Å². The zero-order valence-electron chi connectivity index (χ0n) is 11.0. The van der Waals surface area contributed by atoms with E-state index in [9.17, 15) is 4.79 Å². The van der Waals surface area contributed by atoms with Gasteiger partial charge in [-0.3, -0.25) is 4.79 Å². The zero-order chi connectivity index (χ0) is 13.5. The molecule has 1 atom stereocenters. The number of carbonyl (C=O) groups excluding carboxylic acids is 1. The Balaban J connectivity index is 4.86. The molecule has 96 valence electrons. The molecule has 1 unspecified atom stereocenters. The molecule has 0 rings (SSSR count). The van der Waals surface area contributed by atoms with E-state index in [0.717, 1.165) is 0 Å². The van der Waals surface area contributed by atoms with Crippen LogP contribution in [0.1, 0.15) is 41.0 Å². The second kappa shape index (κ2) is 6.57. The molecule has 0 aromatic heterocycles. The topological polar surface area (TPSA) is 63.4 Å². The van der Waals surface area contributed by atoms with Gasteiger partial charge < -0.3 is 4.74 Å². The van der Waals surface area contributed by atoms with Crippen molar-refractivity contribution in [1.82, 2.24) is 0 Å². The summed E-state index contributed by atoms with van der Waals surface area (Å²) in [5, 5.41) is 10.4. The molecule has 0 aliphatic carbocycles. The predicted molar refractivity (Wildman–Crippen MR) is 69.3 cm³/mol. The molecule has 0 spiro atoms. The van der Waals surface area contributed by atoms with Crippen LogP contribution in [0.2, 0.25) is 0 Å². The standard InChI is InChI=1S/C11H19N3O2S/c1-6-16-9(15)7-11(5,12-8-17)14-13-10(2,3)4/h6-7H2,1-5H3. The Morgan fingerprint density at radius 3 is 2.29 bits per heavy atom. The van der Waals surface area contributed by atoms with Gasteiger partial charge in [0.25, 0.3) is 0 Å². The van der Waals surface area contributed by atoms with Crippen molar-refractivity contribution in [3.05, 3.63) is 0 Å². The van der Waals surface area contributed by atoms with Crippen molar-refractivity contribution < 1.29 is 9.53 Å². The lowest BCUT2D eigenvalue weighted by atomic mass is 10.1. The summed E-state index contributed by atoms with van der Waals surface area (Å²) in [4.78, 5) is 15.3. The Morgan fingerprint density at radius 1 is 1.29 bits per heavy atom. The fraction of sp³-hybridized carbons (Fsp3) is 0.818. The second-order valence-corrected chi connectivity index (χ2v) is 4.96. The third-order valence-electron chi connectivity index (χ3n) is 1.64. The van der Waals surface area contributed by atoms with Gasteiger partial charge in [-0.2, -0.15) is 15.2 Å². The van der Waals surface area contributed by atoms with E-state index in [2.05, 4.69) is 32.6 Å². The maximum Gasteiger partial charge on any atom is 0.310 e. The molecule has 0 aromatic carbocycles. The first-order chi connectivity index (χ1) is 7.72. The van der Waals surface area contributed by atoms with Crippen LogP contribution in [0.25, 0.3) is 0 Å². The van der Waals surface area contributed by atoms with E-state index in [1.165, 1.54) is 0 Å². The number of isothiocyanates is 1. The molecule has 0 radical (unpaired) electrons. The zero-order valence-corrected chi connectivity index (χ0v) is 11.8. The third-order valence-corrected chi connectivity index (χ3v) is 1.73. The normalized spacial score (nSPS) is 15.1. The first-order valence-corrected chi connectivity index (χ1v) is 5.82. The number of nitrogens with zero attached hydrogens (tertiary/aromatic N) is 3. The highest BCUT2D eigenvalue weighted by Crippen LogP contribution is 2.21. The van der Waals surface area contributed by atoms with Gasteiger partial charge in [-0.05, 0) is 46.8 Å². The van der Waals surface area contributed by atoms with Gasteiger partial charge in [0.1, 0.15) is 0 Å². The van der Waals surface area contributed by atoms with Crippen LogP contribution < -0.4 is 0 Å². The van der Waals surface area contributed by atoms with E-state index in [0.29, 0.717) is 6.61 Å². The molecule has 0 aromatic rings. The molecular formula is C11H19N3O2S. The highest BCUT2D eigenvalue weighted by atomic mass is 32.1. The number of hydrogen-bond donors (Lipinski definition) is 0. The molecule has 0 saturated heterocycles. The van der Waals surface area contributed by atoms with Crippen LogP contribution in [-0.2, 0) is 9.53 Å². The van der Waals surface area contributed by atoms with Crippen molar-refractivity contribution in [2.75, 3.05) is 6.61 Å². The summed E-state index contributed by atoms with van der Waals surface area (Å²) >= 11 is 4.55. The first kappa shape index (κ1) is 15.9. The average Bonchev–Trinajstić information content (AvgIpc) is 2.14. The van der Waals surface area contributed by atoms with Crippen molar-refractivity contribution in [2.24, 2.45) is 15.2 Å². The molecule has 0 amide bonds. The summed E-state index contributed by atoms with van der Waals surface area (Å²) in [6.07, 6.45) is 0.00403. The largest absolute Gasteiger partial charge is 0.466 e. The van der Waals surface area contributed by atoms with Crippen molar-refractivity contribution >= 4 is 23.3 Å². The molecule has 6 heteroatoms. The minimum atomic E-state index is -1.03. The van der Waals surface area contributed by atoms with Gasteiger partial charge in [0, 0.05) is 0 Å². The number of ether oxygens (including phenoxy) is 1. The Hall–Kier alpha value is -1.13. The summed E-state index contributed by atoms with van der Waals surface area (Å²) in [5.74, 6) is -0.378. The van der Waals surface area contributed by atoms with Crippen molar-refractivity contribution in [3.63, 3.8) is 0 Å². The number of esters is 1. The molecular weight excluding hydrogens is 238 g/mol. The van der Waals surface area contributed by atoms with Crippen LogP contribution in [0, 0.1) is 0 Å². The second-order valence-electron chi connectivity index (χ2n) is 4.77. The van der Waals surface area contributed by atoms with Crippen LogP contribution >= 0.6 is 12.2 Å². The van der Waals surface area contributed by atoms with E-state index >= 15 is 0 Å². The highest BCUT2D eigenvalue weighted by Gasteiger charge is 2.28. The summed E-state index contributed by atoms with van der Waals surface area (Å²) in [6, 6.07) is 0. The maximum atomic E-state index is 11.4. The van der Waals surface area contributed by atoms with Gasteiger partial charge >= 0.3 is 5.97 Å². The van der Waals surface area contributed by atoms with Crippen LogP contribution in [0.4, 0.5) is 0 Å². The minimum absolute atomic E-state index is 0.00403. The van der Waals surface area contributed by atoms with Gasteiger partial charge in [0.2, 0.25) is 0 Å². The highest BCUT2D eigenvalue weighted by molar-refractivity contribution is 7.78. The number of azo groups is 1. The maximum absolute atomic E-state index is 11.4. The van der Waals surface area contributed by atoms with E-state index in [1.54, 1.807) is 13.8 Å². The summed E-state index contributed by atoms with van der Waals surface area (Å²) in [5.41, 5.74) is -1.35. The van der Waals surface area contributed by atoms with Crippen LogP contribution in [0.5, 0.6) is 0 Å². The molecule has 0 N–H and O–H groups in total. The SMILES string of the molecule is CCOC(=O)CC(C)(N=C=S)N=NC(C)(C)C. The lowest BCUT2D eigenvalue weighted by Crippen LogP contribution is -2.25. The summed E-state index contributed by atoms with van der Waals surface area (Å²) in [7, 11) is 0. The lowest BCUT2D eigenvalue weighted by Gasteiger charge is -2.19. The van der Waals surface area contributed by atoms with Crippen LogP contribution in [0.3, 0.4) is 0 Å². The molecule has 0 aliphatic heterocycles. The minimum Gasteiger partial charge on any atom is -0.466 e. The fourth-order valence-corrected chi connectivity index (χ4v) is 1.14. The fourth-order valence-electron chi connectivity index (χ4n) is 0.939. The molecule has 0 saturated carbocycles. The number of aliphatic imine (C=N–C) groups is 1. The Kier molecular flexibility index (Phi) is 6.13. The van der Waals surface area contributed by atoms with Crippen molar-refractivity contribution in [2.45, 2.75) is 52.2 Å². The number of carbonyl (C=O) groups is 1. The summed E-state index contributed by atoms with van der Waals surface area (Å²) < 4.78 is 4.85. The van der Waals surface area contributed by atoms with Crippen molar-refractivity contribution in [1.29, 1.82) is 0 Å². The monoisotopic (exact) mass is 257 g/mol. The number of thiocarbonyl (C=S) groups is 1. The lowest BCUT2D eigenvalue weighted by molar-refractivity contribution is -0.144. The molecule has 0 fully saturated rings. The molecule has 0 aliphatic rings. The van der Waals surface area contributed by atoms with Gasteiger partial charge in [0.15, 0.2) is 5.66 Å². The molecule has 0 heterocycles.